The predicted molar refractivity (Wildman–Crippen MR) is 291 cm³/mol. The molecule has 64 heavy (non-hydrogen) atoms. The van der Waals surface area contributed by atoms with Crippen molar-refractivity contribution in [2.24, 2.45) is 11.8 Å². The minimum atomic E-state index is -0.138. The molecule has 0 N–H and O–H groups in total. The Morgan fingerprint density at radius 3 is 1.78 bits per heavy atom. The second kappa shape index (κ2) is 22.1. The van der Waals surface area contributed by atoms with E-state index in [9.17, 15) is 9.59 Å². The van der Waals surface area contributed by atoms with Gasteiger partial charge >= 0.3 is 0 Å². The van der Waals surface area contributed by atoms with Crippen LogP contribution in [0.2, 0.25) is 0 Å². The summed E-state index contributed by atoms with van der Waals surface area (Å²) in [4.78, 5) is 39.8. The Labute approximate surface area is 409 Å². The first-order valence-electron chi connectivity index (χ1n) is 24.5. The third-order valence-electron chi connectivity index (χ3n) is 13.4. The summed E-state index contributed by atoms with van der Waals surface area (Å²) in [5.74, 6) is 0.704. The minimum absolute atomic E-state index is 0.138. The summed E-state index contributed by atoms with van der Waals surface area (Å²) in [7, 11) is 0. The van der Waals surface area contributed by atoms with Gasteiger partial charge in [-0.3, -0.25) is 14.5 Å². The lowest BCUT2D eigenvalue weighted by molar-refractivity contribution is 0.0625. The number of aryl methyl sites for hydroxylation is 4. The van der Waals surface area contributed by atoms with Crippen molar-refractivity contribution < 1.29 is 9.59 Å². The molecule has 6 heterocycles. The van der Waals surface area contributed by atoms with Gasteiger partial charge in [0.25, 0.3) is 11.8 Å². The van der Waals surface area contributed by atoms with Crippen molar-refractivity contribution in [2.45, 2.75) is 171 Å². The van der Waals surface area contributed by atoms with Crippen molar-refractivity contribution in [3.05, 3.63) is 75.1 Å². The quantitative estimate of drug-likeness (QED) is 0.0418. The van der Waals surface area contributed by atoms with Crippen LogP contribution < -0.4 is 9.75 Å². The number of carbonyl (C=O) groups excluding carboxylic acids is 2. The van der Waals surface area contributed by atoms with E-state index in [0.29, 0.717) is 28.8 Å². The highest BCUT2D eigenvalue weighted by molar-refractivity contribution is 7.91. The SMILES string of the molecule is CCCCCCc1sc(-c2c3cc(C(C)CC)sc3c(-c3cc(C)c(CCCCCC)s3)c3cc(/C(S)=c4\sc5c(\c4=C/C(C)C)C(=O)N(CC(CC)CCCC)C5=O)sc23)cc1C. The average molecular weight is 971 g/mol. The van der Waals surface area contributed by atoms with Crippen LogP contribution in [0.4, 0.5) is 0 Å². The van der Waals surface area contributed by atoms with Gasteiger partial charge in [0.2, 0.25) is 0 Å². The fraction of sp³-hybridized carbons (Fsp3) is 0.527. The van der Waals surface area contributed by atoms with E-state index in [-0.39, 0.29) is 17.7 Å². The topological polar surface area (TPSA) is 37.4 Å². The van der Waals surface area contributed by atoms with Crippen LogP contribution in [0, 0.1) is 25.7 Å². The third kappa shape index (κ3) is 10.2. The first kappa shape index (κ1) is 49.4. The number of unbranched alkanes of at least 4 members (excludes halogenated alkanes) is 7. The van der Waals surface area contributed by atoms with Crippen molar-refractivity contribution in [1.29, 1.82) is 0 Å². The van der Waals surface area contributed by atoms with E-state index in [1.54, 1.807) is 4.90 Å². The molecule has 344 valence electrons. The molecule has 1 aliphatic rings. The van der Waals surface area contributed by atoms with Crippen LogP contribution in [0.3, 0.4) is 0 Å². The zero-order chi connectivity index (χ0) is 45.8. The van der Waals surface area contributed by atoms with Gasteiger partial charge in [0.15, 0.2) is 0 Å². The van der Waals surface area contributed by atoms with Crippen molar-refractivity contribution in [2.75, 3.05) is 6.54 Å². The molecule has 0 saturated carbocycles. The lowest BCUT2D eigenvalue weighted by Crippen LogP contribution is -2.37. The zero-order valence-electron chi connectivity index (χ0n) is 40.2. The number of hydrogen-bond acceptors (Lipinski definition) is 8. The number of benzene rings is 1. The first-order chi connectivity index (χ1) is 30.8. The molecule has 1 aromatic carbocycles. The summed E-state index contributed by atoms with van der Waals surface area (Å²) >= 11 is 14.8. The Morgan fingerprint density at radius 2 is 1.23 bits per heavy atom. The van der Waals surface area contributed by atoms with Crippen LogP contribution >= 0.6 is 69.3 Å². The van der Waals surface area contributed by atoms with Gasteiger partial charge in [0, 0.05) is 77.2 Å². The minimum Gasteiger partial charge on any atom is -0.273 e. The second-order valence-electron chi connectivity index (χ2n) is 18.8. The Hall–Kier alpha value is -2.53. The van der Waals surface area contributed by atoms with Crippen LogP contribution in [0.25, 0.3) is 52.0 Å². The number of nitrogens with zero attached hydrogens (tertiary/aromatic N) is 1. The van der Waals surface area contributed by atoms with Gasteiger partial charge in [-0.25, -0.2) is 0 Å². The van der Waals surface area contributed by atoms with Crippen LogP contribution in [0.15, 0.2) is 24.3 Å². The molecule has 0 spiro atoms. The van der Waals surface area contributed by atoms with E-state index in [1.807, 2.05) is 45.3 Å². The van der Waals surface area contributed by atoms with Crippen LogP contribution in [-0.2, 0) is 12.8 Å². The molecule has 0 fully saturated rings. The van der Waals surface area contributed by atoms with Gasteiger partial charge < -0.3 is 0 Å². The number of fused-ring (bicyclic) bond motifs is 3. The summed E-state index contributed by atoms with van der Waals surface area (Å²) < 4.78 is 3.63. The van der Waals surface area contributed by atoms with Gasteiger partial charge in [0.1, 0.15) is 4.88 Å². The molecule has 1 aliphatic heterocycles. The Balaban J connectivity index is 1.47. The molecule has 2 unspecified atom stereocenters. The molecule has 0 bridgehead atoms. The molecule has 9 heteroatoms. The van der Waals surface area contributed by atoms with Gasteiger partial charge in [-0.15, -0.1) is 69.3 Å². The second-order valence-corrected chi connectivity index (χ2v) is 24.7. The maximum Gasteiger partial charge on any atom is 0.271 e. The summed E-state index contributed by atoms with van der Waals surface area (Å²) in [6.45, 7) is 23.1. The lowest BCUT2D eigenvalue weighted by Gasteiger charge is -2.21. The van der Waals surface area contributed by atoms with E-state index < -0.39 is 0 Å². The van der Waals surface area contributed by atoms with Crippen LogP contribution in [0.5, 0.6) is 0 Å². The van der Waals surface area contributed by atoms with Crippen molar-refractivity contribution in [1.82, 2.24) is 4.90 Å². The number of thiophene rings is 5. The van der Waals surface area contributed by atoms with Gasteiger partial charge in [0.05, 0.1) is 10.1 Å². The average Bonchev–Trinajstić information content (AvgIpc) is 4.14. The maximum atomic E-state index is 14.4. The smallest absolute Gasteiger partial charge is 0.271 e. The molecule has 2 amide bonds. The summed E-state index contributed by atoms with van der Waals surface area (Å²) in [5, 5.41) is 3.54. The lowest BCUT2D eigenvalue weighted by atomic mass is 9.98. The largest absolute Gasteiger partial charge is 0.273 e. The molecular weight excluding hydrogens is 899 g/mol. The zero-order valence-corrected chi connectivity index (χ0v) is 45.2. The summed E-state index contributed by atoms with van der Waals surface area (Å²) in [5.41, 5.74) is 6.10. The highest BCUT2D eigenvalue weighted by atomic mass is 32.1. The monoisotopic (exact) mass is 969 g/mol. The van der Waals surface area contributed by atoms with Crippen LogP contribution in [-0.4, -0.2) is 23.3 Å². The summed E-state index contributed by atoms with van der Waals surface area (Å²) in [6.07, 6.45) is 19.9. The molecular formula is C55H71NO2S6. The van der Waals surface area contributed by atoms with Crippen molar-refractivity contribution in [3.8, 4) is 20.9 Å². The number of thiol groups is 1. The standard InChI is InChI=1S/C55H71NO2S6/c1-11-16-19-21-24-40-34(9)27-43(60-40)46-38-29-42(33(8)14-4)62-50(38)47(44-28-35(10)41(61-44)25-22-20-17-12-2)39-30-45(63-51(39)46)49(59)52-37(26-32(6)7)48-53(64-52)55(58)56(54(48)57)31-36(15-5)23-18-13-3/h26-30,32-33,36,59H,11-25,31H2,1-10H3/b37-26+,52-49+. The van der Waals surface area contributed by atoms with Crippen LogP contribution in [0.1, 0.15) is 195 Å². The number of carbonyl (C=O) groups is 2. The van der Waals surface area contributed by atoms with Gasteiger partial charge in [-0.2, -0.15) is 0 Å². The van der Waals surface area contributed by atoms with Crippen molar-refractivity contribution >= 4 is 112 Å². The van der Waals surface area contributed by atoms with E-state index >= 15 is 0 Å². The van der Waals surface area contributed by atoms with Crippen molar-refractivity contribution in [3.63, 3.8) is 0 Å². The fourth-order valence-electron chi connectivity index (χ4n) is 9.32. The van der Waals surface area contributed by atoms with E-state index in [4.69, 9.17) is 12.6 Å². The van der Waals surface area contributed by atoms with E-state index in [2.05, 4.69) is 99.6 Å². The first-order valence-corrected chi connectivity index (χ1v) is 29.0. The fourth-order valence-corrected chi connectivity index (χ4v) is 16.3. The number of imide groups is 1. The van der Waals surface area contributed by atoms with Gasteiger partial charge in [-0.05, 0) is 106 Å². The molecule has 0 radical (unpaired) electrons. The molecule has 3 nitrogen and oxygen atoms in total. The molecule has 0 saturated heterocycles. The molecule has 7 rings (SSSR count). The highest BCUT2D eigenvalue weighted by Crippen LogP contribution is 2.54. The summed E-state index contributed by atoms with van der Waals surface area (Å²) in [6, 6.07) is 9.88. The maximum absolute atomic E-state index is 14.4. The normalized spacial score (nSPS) is 14.9. The number of hydrogen-bond donors (Lipinski definition) is 1. The highest BCUT2D eigenvalue weighted by Gasteiger charge is 2.40. The molecule has 2 atom stereocenters. The Morgan fingerprint density at radius 1 is 0.656 bits per heavy atom. The predicted octanol–water partition coefficient (Wildman–Crippen LogP) is 17.3. The molecule has 6 aromatic rings. The Bertz CT molecular complexity index is 2620. The molecule has 5 aromatic heterocycles. The number of rotatable bonds is 22. The Kier molecular flexibility index (Phi) is 17.0. The van der Waals surface area contributed by atoms with E-state index in [1.165, 1.54) is 130 Å². The third-order valence-corrected chi connectivity index (χ3v) is 20.6. The molecule has 0 aliphatic carbocycles. The van der Waals surface area contributed by atoms with E-state index in [0.717, 1.165) is 64.5 Å². The van der Waals surface area contributed by atoms with Gasteiger partial charge in [-0.1, -0.05) is 119 Å². The number of amides is 2.